The van der Waals surface area contributed by atoms with Crippen LogP contribution in [0.4, 0.5) is 4.79 Å². The van der Waals surface area contributed by atoms with E-state index in [0.29, 0.717) is 16.8 Å². The van der Waals surface area contributed by atoms with Crippen LogP contribution in [0.5, 0.6) is 0 Å². The molecule has 0 aliphatic heterocycles. The summed E-state index contributed by atoms with van der Waals surface area (Å²) in [5, 5.41) is 5.20. The number of nitrogens with zero attached hydrogens (tertiary/aromatic N) is 2. The number of thiophene rings is 1. The zero-order chi connectivity index (χ0) is 18.5. The van der Waals surface area contributed by atoms with Gasteiger partial charge in [0.2, 0.25) is 5.91 Å². The molecule has 3 aromatic rings. The van der Waals surface area contributed by atoms with Crippen LogP contribution >= 0.6 is 11.3 Å². The van der Waals surface area contributed by atoms with Gasteiger partial charge in [0.05, 0.1) is 11.7 Å². The van der Waals surface area contributed by atoms with Crippen molar-refractivity contribution in [2.24, 2.45) is 0 Å². The van der Waals surface area contributed by atoms with Crippen LogP contribution in [0.3, 0.4) is 0 Å². The van der Waals surface area contributed by atoms with Gasteiger partial charge in [-0.05, 0) is 18.1 Å². The van der Waals surface area contributed by atoms with Crippen LogP contribution in [0.2, 0.25) is 0 Å². The molecule has 3 rings (SSSR count). The van der Waals surface area contributed by atoms with Crippen molar-refractivity contribution in [1.29, 1.82) is 0 Å². The van der Waals surface area contributed by atoms with Crippen molar-refractivity contribution in [3.8, 4) is 10.4 Å². The zero-order valence-corrected chi connectivity index (χ0v) is 15.0. The van der Waals surface area contributed by atoms with Gasteiger partial charge in [-0.2, -0.15) is 0 Å². The predicted molar refractivity (Wildman–Crippen MR) is 101 cm³/mol. The molecule has 0 unspecified atom stereocenters. The van der Waals surface area contributed by atoms with Gasteiger partial charge in [-0.3, -0.25) is 19.5 Å². The smallest absolute Gasteiger partial charge is 0.321 e. The fourth-order valence-corrected chi connectivity index (χ4v) is 3.42. The number of carbonyl (C=O) groups excluding carboxylic acids is 2. The Balaban J connectivity index is 1.80. The SMILES string of the molecule is CCCNC(=O)NC(=O)Cn1cnc2sc(-c3ccccc3)cc2c1=O. The van der Waals surface area contributed by atoms with E-state index in [0.717, 1.165) is 16.9 Å². The second-order valence-electron chi connectivity index (χ2n) is 5.68. The summed E-state index contributed by atoms with van der Waals surface area (Å²) in [6.07, 6.45) is 2.10. The summed E-state index contributed by atoms with van der Waals surface area (Å²) in [7, 11) is 0. The monoisotopic (exact) mass is 370 g/mol. The van der Waals surface area contributed by atoms with E-state index in [1.54, 1.807) is 6.07 Å². The summed E-state index contributed by atoms with van der Waals surface area (Å²) in [5.41, 5.74) is 0.698. The second-order valence-corrected chi connectivity index (χ2v) is 6.71. The Kier molecular flexibility index (Phi) is 5.43. The fraction of sp³-hybridized carbons (Fsp3) is 0.222. The normalized spacial score (nSPS) is 10.7. The molecule has 0 aliphatic rings. The molecule has 26 heavy (non-hydrogen) atoms. The summed E-state index contributed by atoms with van der Waals surface area (Å²) in [6, 6.07) is 10.9. The van der Waals surface area contributed by atoms with Gasteiger partial charge in [0, 0.05) is 11.4 Å². The van der Waals surface area contributed by atoms with E-state index in [2.05, 4.69) is 15.6 Å². The largest absolute Gasteiger partial charge is 0.338 e. The molecule has 0 aliphatic carbocycles. The van der Waals surface area contributed by atoms with Gasteiger partial charge < -0.3 is 5.32 Å². The molecule has 8 heteroatoms. The Morgan fingerprint density at radius 2 is 2.00 bits per heavy atom. The van der Waals surface area contributed by atoms with E-state index in [1.807, 2.05) is 37.3 Å². The summed E-state index contributed by atoms with van der Waals surface area (Å²) in [4.78, 5) is 41.9. The molecule has 0 saturated heterocycles. The van der Waals surface area contributed by atoms with Crippen LogP contribution in [0.15, 0.2) is 47.5 Å². The third-order valence-electron chi connectivity index (χ3n) is 3.68. The molecule has 0 spiro atoms. The summed E-state index contributed by atoms with van der Waals surface area (Å²) < 4.78 is 1.20. The number of benzene rings is 1. The van der Waals surface area contributed by atoms with Crippen molar-refractivity contribution < 1.29 is 9.59 Å². The molecule has 0 bridgehead atoms. The lowest BCUT2D eigenvalue weighted by atomic mass is 10.2. The third kappa shape index (κ3) is 3.97. The minimum Gasteiger partial charge on any atom is -0.338 e. The van der Waals surface area contributed by atoms with Gasteiger partial charge in [-0.15, -0.1) is 11.3 Å². The standard InChI is InChI=1S/C18H18N4O3S/c1-2-8-19-18(25)21-15(23)10-22-11-20-16-13(17(22)24)9-14(26-16)12-6-4-3-5-7-12/h3-7,9,11H,2,8,10H2,1H3,(H2,19,21,23,25). The minimum atomic E-state index is -0.569. The molecule has 3 amide bonds. The van der Waals surface area contributed by atoms with Gasteiger partial charge in [0.1, 0.15) is 11.4 Å². The van der Waals surface area contributed by atoms with Crippen LogP contribution in [-0.2, 0) is 11.3 Å². The first-order valence-corrected chi connectivity index (χ1v) is 9.02. The number of nitrogens with one attached hydrogen (secondary N) is 2. The molecule has 0 saturated carbocycles. The maximum absolute atomic E-state index is 12.6. The molecule has 2 aromatic heterocycles. The molecule has 7 nitrogen and oxygen atoms in total. The quantitative estimate of drug-likeness (QED) is 0.721. The van der Waals surface area contributed by atoms with Gasteiger partial charge in [0.25, 0.3) is 5.56 Å². The highest BCUT2D eigenvalue weighted by Gasteiger charge is 2.13. The van der Waals surface area contributed by atoms with E-state index in [1.165, 1.54) is 22.2 Å². The average molecular weight is 370 g/mol. The van der Waals surface area contributed by atoms with Crippen LogP contribution in [0, 0.1) is 0 Å². The molecule has 1 aromatic carbocycles. The van der Waals surface area contributed by atoms with E-state index < -0.39 is 11.9 Å². The third-order valence-corrected chi connectivity index (χ3v) is 4.77. The van der Waals surface area contributed by atoms with Crippen molar-refractivity contribution in [3.05, 3.63) is 53.1 Å². The lowest BCUT2D eigenvalue weighted by Crippen LogP contribution is -2.42. The molecule has 0 fully saturated rings. The van der Waals surface area contributed by atoms with E-state index in [9.17, 15) is 14.4 Å². The Morgan fingerprint density at radius 3 is 2.73 bits per heavy atom. The number of rotatable bonds is 5. The first-order chi connectivity index (χ1) is 12.6. The number of imide groups is 1. The van der Waals surface area contributed by atoms with E-state index in [4.69, 9.17) is 0 Å². The van der Waals surface area contributed by atoms with E-state index >= 15 is 0 Å². The minimum absolute atomic E-state index is 0.266. The van der Waals surface area contributed by atoms with Crippen LogP contribution in [0.25, 0.3) is 20.7 Å². The number of urea groups is 1. The number of hydrogen-bond donors (Lipinski definition) is 2. The first kappa shape index (κ1) is 17.8. The number of aromatic nitrogens is 2. The van der Waals surface area contributed by atoms with E-state index in [-0.39, 0.29) is 12.1 Å². The van der Waals surface area contributed by atoms with Crippen molar-refractivity contribution in [2.75, 3.05) is 6.54 Å². The average Bonchev–Trinajstić information content (AvgIpc) is 3.08. The molecule has 0 radical (unpaired) electrons. The fourth-order valence-electron chi connectivity index (χ4n) is 2.42. The Morgan fingerprint density at radius 1 is 1.23 bits per heavy atom. The summed E-state index contributed by atoms with van der Waals surface area (Å²) >= 11 is 1.42. The summed E-state index contributed by atoms with van der Waals surface area (Å²) in [5.74, 6) is -0.569. The van der Waals surface area contributed by atoms with Gasteiger partial charge in [0.15, 0.2) is 0 Å². The highest BCUT2D eigenvalue weighted by atomic mass is 32.1. The highest BCUT2D eigenvalue weighted by molar-refractivity contribution is 7.21. The molecule has 0 atom stereocenters. The molecular weight excluding hydrogens is 352 g/mol. The maximum atomic E-state index is 12.6. The lowest BCUT2D eigenvalue weighted by molar-refractivity contribution is -0.120. The zero-order valence-electron chi connectivity index (χ0n) is 14.2. The molecular formula is C18H18N4O3S. The van der Waals surface area contributed by atoms with Crippen molar-refractivity contribution in [1.82, 2.24) is 20.2 Å². The second kappa shape index (κ2) is 7.92. The first-order valence-electron chi connectivity index (χ1n) is 8.20. The number of amides is 3. The van der Waals surface area contributed by atoms with Crippen LogP contribution in [0.1, 0.15) is 13.3 Å². The van der Waals surface area contributed by atoms with Crippen molar-refractivity contribution in [3.63, 3.8) is 0 Å². The molecule has 2 N–H and O–H groups in total. The maximum Gasteiger partial charge on any atom is 0.321 e. The van der Waals surface area contributed by atoms with Gasteiger partial charge >= 0.3 is 6.03 Å². The molecule has 2 heterocycles. The molecule has 134 valence electrons. The Bertz CT molecular complexity index is 995. The van der Waals surface area contributed by atoms with Crippen LogP contribution in [-0.4, -0.2) is 28.0 Å². The summed E-state index contributed by atoms with van der Waals surface area (Å²) in [6.45, 7) is 2.12. The number of carbonyl (C=O) groups is 2. The van der Waals surface area contributed by atoms with Gasteiger partial charge in [-0.25, -0.2) is 9.78 Å². The van der Waals surface area contributed by atoms with Crippen molar-refractivity contribution in [2.45, 2.75) is 19.9 Å². The number of fused-ring (bicyclic) bond motifs is 1. The van der Waals surface area contributed by atoms with Crippen molar-refractivity contribution >= 4 is 33.5 Å². The van der Waals surface area contributed by atoms with Crippen LogP contribution < -0.4 is 16.2 Å². The predicted octanol–water partition coefficient (Wildman–Crippen LogP) is 2.36. The topological polar surface area (TPSA) is 93.1 Å². The number of hydrogen-bond acceptors (Lipinski definition) is 5. The highest BCUT2D eigenvalue weighted by Crippen LogP contribution is 2.30. The lowest BCUT2D eigenvalue weighted by Gasteiger charge is -2.07. The Hall–Kier alpha value is -3.00. The van der Waals surface area contributed by atoms with Gasteiger partial charge in [-0.1, -0.05) is 37.3 Å². The Labute approximate surface area is 153 Å².